The molecular weight excluding hydrogens is 294 g/mol. The first-order valence-electron chi connectivity index (χ1n) is 6.39. The zero-order valence-corrected chi connectivity index (χ0v) is 13.2. The van der Waals surface area contributed by atoms with Crippen LogP contribution in [0.15, 0.2) is 27.6 Å². The van der Waals surface area contributed by atoms with Gasteiger partial charge < -0.3 is 5.32 Å². The molecule has 0 saturated heterocycles. The summed E-state index contributed by atoms with van der Waals surface area (Å²) in [5.74, 6) is 1.22. The summed E-state index contributed by atoms with van der Waals surface area (Å²) in [7, 11) is 0. The molecule has 0 fully saturated rings. The van der Waals surface area contributed by atoms with E-state index in [1.807, 2.05) is 11.8 Å². The lowest BCUT2D eigenvalue weighted by Gasteiger charge is -2.08. The van der Waals surface area contributed by atoms with Gasteiger partial charge in [-0.3, -0.25) is 0 Å². The molecule has 1 rings (SSSR count). The molecular formula is C14H22BrNS. The maximum absolute atomic E-state index is 3.65. The minimum Gasteiger partial charge on any atom is -0.313 e. The molecule has 0 saturated carbocycles. The van der Waals surface area contributed by atoms with Crippen LogP contribution in [0.25, 0.3) is 0 Å². The van der Waals surface area contributed by atoms with E-state index in [0.717, 1.165) is 13.1 Å². The van der Waals surface area contributed by atoms with Gasteiger partial charge in [-0.05, 0) is 42.8 Å². The Balaban J connectivity index is 2.47. The van der Waals surface area contributed by atoms with E-state index in [1.54, 1.807) is 0 Å². The van der Waals surface area contributed by atoms with Crippen LogP contribution in [0, 0.1) is 0 Å². The van der Waals surface area contributed by atoms with Gasteiger partial charge in [0.25, 0.3) is 0 Å². The van der Waals surface area contributed by atoms with Gasteiger partial charge in [-0.1, -0.05) is 42.3 Å². The van der Waals surface area contributed by atoms with E-state index < -0.39 is 0 Å². The Bertz CT molecular complexity index is 328. The zero-order valence-electron chi connectivity index (χ0n) is 10.8. The first-order chi connectivity index (χ1) is 8.27. The highest BCUT2D eigenvalue weighted by molar-refractivity contribution is 9.10. The molecule has 1 nitrogen and oxygen atoms in total. The molecule has 0 unspecified atom stereocenters. The van der Waals surface area contributed by atoms with Crippen molar-refractivity contribution in [1.29, 1.82) is 0 Å². The Morgan fingerprint density at radius 2 is 2.06 bits per heavy atom. The lowest BCUT2D eigenvalue weighted by Crippen LogP contribution is -2.14. The van der Waals surface area contributed by atoms with Gasteiger partial charge >= 0.3 is 0 Å². The van der Waals surface area contributed by atoms with Gasteiger partial charge in [0.1, 0.15) is 0 Å². The highest BCUT2D eigenvalue weighted by atomic mass is 79.9. The second kappa shape index (κ2) is 9.01. The van der Waals surface area contributed by atoms with Crippen molar-refractivity contribution in [3.8, 4) is 0 Å². The molecule has 3 heteroatoms. The number of nitrogens with one attached hydrogen (secondary N) is 1. The van der Waals surface area contributed by atoms with E-state index in [1.165, 1.54) is 39.9 Å². The number of thioether (sulfide) groups is 1. The van der Waals surface area contributed by atoms with Gasteiger partial charge in [0.15, 0.2) is 0 Å². The molecule has 0 heterocycles. The molecule has 0 bridgehead atoms. The topological polar surface area (TPSA) is 12.0 Å². The number of hydrogen-bond donors (Lipinski definition) is 1. The molecule has 1 N–H and O–H groups in total. The van der Waals surface area contributed by atoms with Crippen molar-refractivity contribution in [2.24, 2.45) is 0 Å². The van der Waals surface area contributed by atoms with E-state index in [9.17, 15) is 0 Å². The minimum absolute atomic E-state index is 0.953. The Kier molecular flexibility index (Phi) is 7.99. The predicted octanol–water partition coefficient (Wildman–Crippen LogP) is 4.84. The highest BCUT2D eigenvalue weighted by Gasteiger charge is 2.01. The average Bonchev–Trinajstić information content (AvgIpc) is 2.32. The molecule has 0 spiro atoms. The molecule has 1 aromatic carbocycles. The monoisotopic (exact) mass is 315 g/mol. The zero-order chi connectivity index (χ0) is 12.5. The summed E-state index contributed by atoms with van der Waals surface area (Å²) < 4.78 is 1.22. The Morgan fingerprint density at radius 3 is 2.71 bits per heavy atom. The lowest BCUT2D eigenvalue weighted by molar-refractivity contribution is 0.673. The van der Waals surface area contributed by atoms with Crippen LogP contribution in [-0.2, 0) is 6.54 Å². The van der Waals surface area contributed by atoms with Crippen LogP contribution in [0.4, 0.5) is 0 Å². The number of unbranched alkanes of at least 4 members (excludes halogenated alkanes) is 1. The number of rotatable bonds is 8. The van der Waals surface area contributed by atoms with Crippen LogP contribution in [0.1, 0.15) is 38.7 Å². The number of halogens is 1. The summed E-state index contributed by atoms with van der Waals surface area (Å²) in [5, 5.41) is 3.43. The van der Waals surface area contributed by atoms with Crippen molar-refractivity contribution in [2.75, 3.05) is 12.3 Å². The molecule has 96 valence electrons. The minimum atomic E-state index is 0.953. The summed E-state index contributed by atoms with van der Waals surface area (Å²) >= 11 is 5.60. The van der Waals surface area contributed by atoms with Crippen LogP contribution in [-0.4, -0.2) is 12.3 Å². The van der Waals surface area contributed by atoms with E-state index in [-0.39, 0.29) is 0 Å². The molecule has 1 aromatic rings. The maximum atomic E-state index is 3.65. The van der Waals surface area contributed by atoms with Gasteiger partial charge in [-0.15, -0.1) is 11.8 Å². The molecule has 0 aliphatic carbocycles. The van der Waals surface area contributed by atoms with Crippen LogP contribution < -0.4 is 5.32 Å². The molecule has 0 amide bonds. The fraction of sp³-hybridized carbons (Fsp3) is 0.571. The van der Waals surface area contributed by atoms with Gasteiger partial charge in [0.05, 0.1) is 0 Å². The molecule has 0 aliphatic rings. The highest BCUT2D eigenvalue weighted by Crippen LogP contribution is 2.26. The Morgan fingerprint density at radius 1 is 1.24 bits per heavy atom. The summed E-state index contributed by atoms with van der Waals surface area (Å²) in [5.41, 5.74) is 1.35. The summed E-state index contributed by atoms with van der Waals surface area (Å²) in [6.07, 6.45) is 3.75. The van der Waals surface area contributed by atoms with Gasteiger partial charge in [0, 0.05) is 15.9 Å². The largest absolute Gasteiger partial charge is 0.313 e. The van der Waals surface area contributed by atoms with Crippen LogP contribution in [0.3, 0.4) is 0 Å². The Hall–Kier alpha value is 0.01000. The fourth-order valence-corrected chi connectivity index (χ4v) is 3.20. The van der Waals surface area contributed by atoms with Crippen molar-refractivity contribution in [3.05, 3.63) is 28.2 Å². The first-order valence-corrected chi connectivity index (χ1v) is 8.17. The summed E-state index contributed by atoms with van der Waals surface area (Å²) in [4.78, 5) is 1.37. The third-order valence-corrected chi connectivity index (χ3v) is 4.35. The normalized spacial score (nSPS) is 10.8. The number of hydrogen-bond acceptors (Lipinski definition) is 2. The van der Waals surface area contributed by atoms with Crippen molar-refractivity contribution < 1.29 is 0 Å². The number of benzene rings is 1. The van der Waals surface area contributed by atoms with Crippen LogP contribution in [0.2, 0.25) is 0 Å². The van der Waals surface area contributed by atoms with Gasteiger partial charge in [0.2, 0.25) is 0 Å². The van der Waals surface area contributed by atoms with Gasteiger partial charge in [-0.2, -0.15) is 0 Å². The predicted molar refractivity (Wildman–Crippen MR) is 81.8 cm³/mol. The van der Waals surface area contributed by atoms with Crippen molar-refractivity contribution in [2.45, 2.75) is 44.6 Å². The second-order valence-corrected chi connectivity index (χ2v) is 6.15. The van der Waals surface area contributed by atoms with Crippen LogP contribution in [0.5, 0.6) is 0 Å². The first kappa shape index (κ1) is 15.1. The lowest BCUT2D eigenvalue weighted by atomic mass is 10.2. The average molecular weight is 316 g/mol. The molecule has 0 aromatic heterocycles. The summed E-state index contributed by atoms with van der Waals surface area (Å²) in [6, 6.07) is 6.69. The van der Waals surface area contributed by atoms with E-state index in [4.69, 9.17) is 0 Å². The van der Waals surface area contributed by atoms with Crippen molar-refractivity contribution in [1.82, 2.24) is 5.32 Å². The molecule has 0 atom stereocenters. The van der Waals surface area contributed by atoms with E-state index in [0.29, 0.717) is 0 Å². The molecule has 0 radical (unpaired) electrons. The van der Waals surface area contributed by atoms with Crippen molar-refractivity contribution in [3.63, 3.8) is 0 Å². The van der Waals surface area contributed by atoms with Gasteiger partial charge in [-0.25, -0.2) is 0 Å². The van der Waals surface area contributed by atoms with Crippen LogP contribution >= 0.6 is 27.7 Å². The second-order valence-electron chi connectivity index (χ2n) is 4.13. The standard InChI is InChI=1S/C14H22BrNS/c1-3-5-9-17-13-7-6-12(14(15)10-13)11-16-8-4-2/h6-7,10,16H,3-5,8-9,11H2,1-2H3. The van der Waals surface area contributed by atoms with E-state index in [2.05, 4.69) is 53.3 Å². The summed E-state index contributed by atoms with van der Waals surface area (Å²) in [6.45, 7) is 6.46. The van der Waals surface area contributed by atoms with Crippen molar-refractivity contribution >= 4 is 27.7 Å². The third-order valence-electron chi connectivity index (χ3n) is 2.53. The smallest absolute Gasteiger partial charge is 0.0231 e. The SMILES string of the molecule is CCCCSc1ccc(CNCCC)c(Br)c1. The maximum Gasteiger partial charge on any atom is 0.0231 e. The third kappa shape index (κ3) is 5.94. The quantitative estimate of drug-likeness (QED) is 0.544. The Labute approximate surface area is 118 Å². The molecule has 0 aliphatic heterocycles. The van der Waals surface area contributed by atoms with E-state index >= 15 is 0 Å². The molecule has 17 heavy (non-hydrogen) atoms. The fourth-order valence-electron chi connectivity index (χ4n) is 1.50.